The highest BCUT2D eigenvalue weighted by Gasteiger charge is 2.53. The highest BCUT2D eigenvalue weighted by molar-refractivity contribution is 7.87. The van der Waals surface area contributed by atoms with Crippen LogP contribution in [0.4, 0.5) is 26.3 Å². The lowest BCUT2D eigenvalue weighted by Crippen LogP contribution is -2.44. The quantitative estimate of drug-likeness (QED) is 0.0302. The summed E-state index contributed by atoms with van der Waals surface area (Å²) in [5.41, 5.74) is -15.3. The summed E-state index contributed by atoms with van der Waals surface area (Å²) in [7, 11) is -13.3. The Morgan fingerprint density at radius 3 is 1.84 bits per heavy atom. The van der Waals surface area contributed by atoms with Crippen LogP contribution < -0.4 is 0 Å². The van der Waals surface area contributed by atoms with Crippen LogP contribution in [0.25, 0.3) is 32.7 Å². The molecule has 2 aliphatic heterocycles. The van der Waals surface area contributed by atoms with Gasteiger partial charge < -0.3 is 9.47 Å². The van der Waals surface area contributed by atoms with Crippen LogP contribution in [0.2, 0.25) is 0 Å². The third kappa shape index (κ3) is 10.0. The largest absolute Gasteiger partial charge is 0.525 e. The number of carbonyl (C=O) groups is 6. The van der Waals surface area contributed by atoms with Gasteiger partial charge in [0, 0.05) is 41.7 Å². The van der Waals surface area contributed by atoms with E-state index in [4.69, 9.17) is 9.47 Å². The number of imide groups is 2. The number of unbranched alkanes of at least 4 members (excludes halogenated alkanes) is 2. The molecule has 0 saturated heterocycles. The minimum atomic E-state index is -6.67. The maximum atomic E-state index is 14.1. The van der Waals surface area contributed by atoms with Crippen molar-refractivity contribution < 1.29 is 90.0 Å². The molecule has 2 heterocycles. The van der Waals surface area contributed by atoms with Crippen molar-refractivity contribution in [2.45, 2.75) is 82.8 Å². The second-order valence-corrected chi connectivity index (χ2v) is 17.9. The van der Waals surface area contributed by atoms with Gasteiger partial charge in [-0.25, -0.2) is 0 Å². The zero-order chi connectivity index (χ0) is 50.1. The Morgan fingerprint density at radius 2 is 1.26 bits per heavy atom. The number of nitrogens with zero attached hydrogens (tertiary/aromatic N) is 2. The van der Waals surface area contributed by atoms with Crippen molar-refractivity contribution in [2.24, 2.45) is 0 Å². The lowest BCUT2D eigenvalue weighted by atomic mass is 9.84. The maximum Gasteiger partial charge on any atom is 0.525 e. The van der Waals surface area contributed by atoms with Crippen LogP contribution in [0.3, 0.4) is 0 Å². The number of amides is 4. The Kier molecular flexibility index (Phi) is 14.4. The summed E-state index contributed by atoms with van der Waals surface area (Å²) < 4.78 is 148. The molecule has 0 spiro atoms. The summed E-state index contributed by atoms with van der Waals surface area (Å²) in [5.74, 6) is 3.26. The fourth-order valence-electron chi connectivity index (χ4n) is 7.07. The van der Waals surface area contributed by atoms with Gasteiger partial charge >= 0.3 is 43.2 Å². The Morgan fingerprint density at radius 1 is 0.691 bits per heavy atom. The van der Waals surface area contributed by atoms with Gasteiger partial charge in [-0.2, -0.15) is 43.2 Å². The van der Waals surface area contributed by atoms with Gasteiger partial charge in [-0.1, -0.05) is 62.5 Å². The fraction of sp³-hybridized carbons (Fsp3) is 0.318. The van der Waals surface area contributed by atoms with Gasteiger partial charge in [-0.3, -0.25) is 28.8 Å². The van der Waals surface area contributed by atoms with Crippen LogP contribution in [-0.4, -0.2) is 86.3 Å². The highest BCUT2D eigenvalue weighted by Crippen LogP contribution is 2.42. The summed E-state index contributed by atoms with van der Waals surface area (Å²) in [6.45, 7) is 4.59. The second-order valence-electron chi connectivity index (χ2n) is 14.8. The Hall–Kier alpha value is -6.86. The Bertz CT molecular complexity index is 3180. The summed E-state index contributed by atoms with van der Waals surface area (Å²) in [5, 5.41) is -2.02. The van der Waals surface area contributed by atoms with E-state index in [1.165, 1.54) is 24.3 Å². The smallest absolute Gasteiger partial charge is 0.465 e. The predicted octanol–water partition coefficient (Wildman–Crippen LogP) is 7.36. The van der Waals surface area contributed by atoms with Crippen molar-refractivity contribution in [3.8, 4) is 34.8 Å². The third-order valence-electron chi connectivity index (χ3n) is 10.1. The molecule has 2 aliphatic rings. The minimum Gasteiger partial charge on any atom is -0.465 e. The molecular formula is C44H34F6N2O14S2. The van der Waals surface area contributed by atoms with Crippen LogP contribution in [-0.2, 0) is 47.9 Å². The van der Waals surface area contributed by atoms with Crippen LogP contribution in [0.1, 0.15) is 118 Å². The van der Waals surface area contributed by atoms with E-state index in [0.717, 1.165) is 44.0 Å². The number of esters is 2. The maximum absolute atomic E-state index is 14.1. The van der Waals surface area contributed by atoms with E-state index in [-0.39, 0.29) is 69.7 Å². The fourth-order valence-corrected chi connectivity index (χ4v) is 7.90. The normalized spacial score (nSPS) is 14.4. The van der Waals surface area contributed by atoms with E-state index in [9.17, 15) is 71.9 Å². The minimum absolute atomic E-state index is 0.0121. The van der Waals surface area contributed by atoms with Crippen molar-refractivity contribution in [1.82, 2.24) is 10.1 Å². The SMILES string of the molecule is CCCCCC(C#Cc1ccc2c3c(cc(-c4cc5c6c(cccc6c4C#CCCOC(=O)CCC)C(=O)N(OS(=O)(=O)C(F)(F)F)C5=O)cc13)C(=O)N(OS(=O)(=O)C(F)(F)F)C2=O)OC(C)=O. The molecule has 4 aromatic rings. The lowest BCUT2D eigenvalue weighted by Gasteiger charge is -2.28. The molecule has 0 bridgehead atoms. The molecule has 0 aliphatic carbocycles. The molecule has 0 radical (unpaired) electrons. The van der Waals surface area contributed by atoms with E-state index < -0.39 is 105 Å². The molecule has 68 heavy (non-hydrogen) atoms. The van der Waals surface area contributed by atoms with Crippen molar-refractivity contribution in [3.05, 3.63) is 81.9 Å². The number of ether oxygens (including phenoxy) is 2. The standard InChI is InChI=1S/C44H34F6N2O14S2/c1-4-6-7-12-27(64-24(3)53)18-16-25-17-19-31-38-33(25)21-26(22-34(38)41(57)52(40(31)56)66-68(61,62)44(48,49)50)32-23-35-37-29(28(32)13-8-9-20-63-36(54)11-5-2)14-10-15-30(37)39(55)51(42(35)58)65-67(59,60)43(45,46)47/h10,14-15,17,19,21-23,27H,4-7,9,11-12,20H2,1-3H3. The van der Waals surface area contributed by atoms with Crippen molar-refractivity contribution >= 4 is 77.3 Å². The number of alkyl halides is 6. The molecule has 4 amide bonds. The molecular weight excluding hydrogens is 959 g/mol. The number of benzene rings is 4. The molecule has 1 unspecified atom stereocenters. The monoisotopic (exact) mass is 992 g/mol. The summed E-state index contributed by atoms with van der Waals surface area (Å²) in [6, 6.07) is 8.90. The first-order chi connectivity index (χ1) is 31.8. The number of rotatable bonds is 14. The Balaban J connectivity index is 1.67. The molecule has 0 aromatic heterocycles. The molecule has 6 rings (SSSR count). The topological polar surface area (TPSA) is 214 Å². The summed E-state index contributed by atoms with van der Waals surface area (Å²) in [6.07, 6.45) is 1.81. The zero-order valence-corrected chi connectivity index (χ0v) is 37.2. The third-order valence-corrected chi connectivity index (χ3v) is 11.9. The molecule has 0 fully saturated rings. The highest BCUT2D eigenvalue weighted by atomic mass is 32.2. The van der Waals surface area contributed by atoms with Crippen molar-refractivity contribution in [2.75, 3.05) is 6.61 Å². The average molecular weight is 993 g/mol. The van der Waals surface area contributed by atoms with E-state index >= 15 is 0 Å². The average Bonchev–Trinajstić information content (AvgIpc) is 3.25. The molecule has 4 aromatic carbocycles. The second kappa shape index (κ2) is 19.4. The van der Waals surface area contributed by atoms with Gasteiger partial charge in [0.05, 0.1) is 22.3 Å². The van der Waals surface area contributed by atoms with Gasteiger partial charge in [0.25, 0.3) is 23.6 Å². The van der Waals surface area contributed by atoms with Crippen LogP contribution in [0.5, 0.6) is 0 Å². The number of hydroxylamine groups is 4. The summed E-state index contributed by atoms with van der Waals surface area (Å²) in [4.78, 5) is 79.3. The van der Waals surface area contributed by atoms with Gasteiger partial charge in [0.1, 0.15) is 6.61 Å². The molecule has 24 heteroatoms. The van der Waals surface area contributed by atoms with Gasteiger partial charge in [0.15, 0.2) is 6.10 Å². The first kappa shape index (κ1) is 50.6. The molecule has 0 N–H and O–H groups in total. The van der Waals surface area contributed by atoms with Crippen molar-refractivity contribution in [3.63, 3.8) is 0 Å². The van der Waals surface area contributed by atoms with Crippen LogP contribution in [0, 0.1) is 23.7 Å². The zero-order valence-electron chi connectivity index (χ0n) is 35.5. The number of halogens is 6. The molecule has 0 saturated carbocycles. The van der Waals surface area contributed by atoms with Gasteiger partial charge in [0.2, 0.25) is 0 Å². The van der Waals surface area contributed by atoms with Gasteiger partial charge in [-0.15, -0.1) is 18.7 Å². The van der Waals surface area contributed by atoms with E-state index in [0.29, 0.717) is 12.8 Å². The molecule has 1 atom stereocenters. The molecule has 358 valence electrons. The molecule has 16 nitrogen and oxygen atoms in total. The lowest BCUT2D eigenvalue weighted by molar-refractivity contribution is -0.144. The van der Waals surface area contributed by atoms with Crippen molar-refractivity contribution in [1.29, 1.82) is 0 Å². The predicted molar refractivity (Wildman–Crippen MR) is 224 cm³/mol. The first-order valence-electron chi connectivity index (χ1n) is 20.2. The summed E-state index contributed by atoms with van der Waals surface area (Å²) >= 11 is 0. The van der Waals surface area contributed by atoms with E-state index in [1.807, 2.05) is 6.92 Å². The van der Waals surface area contributed by atoms with E-state index in [2.05, 4.69) is 32.2 Å². The van der Waals surface area contributed by atoms with E-state index in [1.54, 1.807) is 6.92 Å². The Labute approximate surface area is 382 Å². The number of hydrogen-bond donors (Lipinski definition) is 0. The van der Waals surface area contributed by atoms with Gasteiger partial charge in [-0.05, 0) is 77.6 Å². The van der Waals surface area contributed by atoms with Crippen LogP contribution in [0.15, 0.2) is 48.5 Å². The number of hydrogen-bond acceptors (Lipinski definition) is 14. The van der Waals surface area contributed by atoms with Crippen LogP contribution >= 0.6 is 0 Å². The first-order valence-corrected chi connectivity index (χ1v) is 23.0. The number of carbonyl (C=O) groups excluding carboxylic acids is 6.